The van der Waals surface area contributed by atoms with Gasteiger partial charge in [0.25, 0.3) is 11.6 Å². The van der Waals surface area contributed by atoms with Gasteiger partial charge in [-0.3, -0.25) is 9.36 Å². The SMILES string of the molecule is O=c1ccn2c(n1)O[C@H](COc1ccc(-c3ccccc3C(F)(F)F)cc1)C2. The van der Waals surface area contributed by atoms with E-state index in [1.807, 2.05) is 0 Å². The number of alkyl halides is 3. The third-order valence-electron chi connectivity index (χ3n) is 4.35. The molecule has 4 rings (SSSR count). The molecular weight excluding hydrogens is 373 g/mol. The zero-order valence-electron chi connectivity index (χ0n) is 14.5. The van der Waals surface area contributed by atoms with Crippen molar-refractivity contribution < 1.29 is 22.6 Å². The first-order valence-electron chi connectivity index (χ1n) is 8.54. The van der Waals surface area contributed by atoms with E-state index in [1.165, 1.54) is 18.2 Å². The van der Waals surface area contributed by atoms with Gasteiger partial charge in [0.1, 0.15) is 12.4 Å². The van der Waals surface area contributed by atoms with E-state index in [0.717, 1.165) is 6.07 Å². The number of aromatic nitrogens is 2. The zero-order valence-corrected chi connectivity index (χ0v) is 14.5. The Morgan fingerprint density at radius 2 is 1.86 bits per heavy atom. The molecule has 0 fully saturated rings. The lowest BCUT2D eigenvalue weighted by molar-refractivity contribution is -0.137. The summed E-state index contributed by atoms with van der Waals surface area (Å²) in [6.45, 7) is 0.718. The minimum atomic E-state index is -4.42. The highest BCUT2D eigenvalue weighted by Gasteiger charge is 2.33. The van der Waals surface area contributed by atoms with Crippen LogP contribution in [0.15, 0.2) is 65.6 Å². The molecule has 0 bridgehead atoms. The molecule has 0 spiro atoms. The molecule has 0 unspecified atom stereocenters. The van der Waals surface area contributed by atoms with Gasteiger partial charge in [-0.15, -0.1) is 0 Å². The predicted molar refractivity (Wildman–Crippen MR) is 95.3 cm³/mol. The molecule has 0 amide bonds. The zero-order chi connectivity index (χ0) is 19.7. The molecule has 1 atom stereocenters. The van der Waals surface area contributed by atoms with E-state index < -0.39 is 11.7 Å². The summed E-state index contributed by atoms with van der Waals surface area (Å²) in [5.41, 5.74) is -0.481. The second-order valence-electron chi connectivity index (χ2n) is 6.32. The summed E-state index contributed by atoms with van der Waals surface area (Å²) in [5, 5.41) is 0. The maximum Gasteiger partial charge on any atom is 0.417 e. The Balaban J connectivity index is 1.43. The van der Waals surface area contributed by atoms with Crippen LogP contribution in [0.3, 0.4) is 0 Å². The Morgan fingerprint density at radius 1 is 1.11 bits per heavy atom. The van der Waals surface area contributed by atoms with Gasteiger partial charge in [0.15, 0.2) is 6.10 Å². The summed E-state index contributed by atoms with van der Waals surface area (Å²) >= 11 is 0. The van der Waals surface area contributed by atoms with Gasteiger partial charge in [-0.2, -0.15) is 18.2 Å². The number of rotatable bonds is 4. The van der Waals surface area contributed by atoms with Crippen LogP contribution < -0.4 is 15.0 Å². The monoisotopic (exact) mass is 388 g/mol. The van der Waals surface area contributed by atoms with Crippen molar-refractivity contribution in [2.75, 3.05) is 6.61 Å². The van der Waals surface area contributed by atoms with E-state index in [2.05, 4.69) is 4.98 Å². The molecule has 1 aliphatic heterocycles. The number of halogens is 3. The molecule has 2 heterocycles. The first kappa shape index (κ1) is 18.1. The highest BCUT2D eigenvalue weighted by atomic mass is 19.4. The average molecular weight is 388 g/mol. The van der Waals surface area contributed by atoms with E-state index in [1.54, 1.807) is 41.1 Å². The highest BCUT2D eigenvalue weighted by molar-refractivity contribution is 5.68. The first-order valence-corrected chi connectivity index (χ1v) is 8.54. The van der Waals surface area contributed by atoms with Crippen LogP contribution in [0.4, 0.5) is 13.2 Å². The Labute approximate surface area is 158 Å². The van der Waals surface area contributed by atoms with Gasteiger partial charge < -0.3 is 9.47 Å². The lowest BCUT2D eigenvalue weighted by Gasteiger charge is -2.14. The molecule has 144 valence electrons. The predicted octanol–water partition coefficient (Wildman–Crippen LogP) is 3.77. The molecule has 1 aromatic heterocycles. The van der Waals surface area contributed by atoms with Gasteiger partial charge in [0, 0.05) is 12.3 Å². The van der Waals surface area contributed by atoms with E-state index in [-0.39, 0.29) is 29.8 Å². The van der Waals surface area contributed by atoms with Crippen molar-refractivity contribution in [2.45, 2.75) is 18.8 Å². The van der Waals surface area contributed by atoms with Crippen LogP contribution in [-0.2, 0) is 12.7 Å². The molecule has 0 saturated carbocycles. The topological polar surface area (TPSA) is 53.4 Å². The summed E-state index contributed by atoms with van der Waals surface area (Å²) < 4.78 is 52.5. The van der Waals surface area contributed by atoms with Crippen molar-refractivity contribution in [2.24, 2.45) is 0 Å². The Morgan fingerprint density at radius 3 is 2.61 bits per heavy atom. The third kappa shape index (κ3) is 3.71. The van der Waals surface area contributed by atoms with Gasteiger partial charge in [0.2, 0.25) is 0 Å². The van der Waals surface area contributed by atoms with Gasteiger partial charge in [-0.05, 0) is 29.3 Å². The van der Waals surface area contributed by atoms with Crippen molar-refractivity contribution in [3.05, 3.63) is 76.7 Å². The Bertz CT molecular complexity index is 1050. The van der Waals surface area contributed by atoms with E-state index in [0.29, 0.717) is 17.9 Å². The normalized spacial score (nSPS) is 15.8. The van der Waals surface area contributed by atoms with Crippen molar-refractivity contribution in [1.82, 2.24) is 9.55 Å². The van der Waals surface area contributed by atoms with Crippen LogP contribution in [0.25, 0.3) is 11.1 Å². The number of fused-ring (bicyclic) bond motifs is 1. The molecule has 8 heteroatoms. The van der Waals surface area contributed by atoms with Gasteiger partial charge in [-0.25, -0.2) is 0 Å². The van der Waals surface area contributed by atoms with Gasteiger partial charge in [0.05, 0.1) is 12.1 Å². The molecule has 0 saturated heterocycles. The van der Waals surface area contributed by atoms with E-state index in [4.69, 9.17) is 9.47 Å². The van der Waals surface area contributed by atoms with Crippen LogP contribution >= 0.6 is 0 Å². The Kier molecular flexibility index (Phi) is 4.54. The van der Waals surface area contributed by atoms with Crippen LogP contribution in [-0.4, -0.2) is 22.3 Å². The standard InChI is InChI=1S/C20H15F3N2O3/c21-20(22,23)17-4-2-1-3-16(17)13-5-7-14(8-6-13)27-12-15-11-25-10-9-18(26)24-19(25)28-15/h1-10,15H,11-12H2/t15-/m0/s1. The smallest absolute Gasteiger partial charge is 0.417 e. The number of nitrogens with zero attached hydrogens (tertiary/aromatic N) is 2. The fraction of sp³-hybridized carbons (Fsp3) is 0.200. The van der Waals surface area contributed by atoms with Gasteiger partial charge in [-0.1, -0.05) is 30.3 Å². The molecule has 28 heavy (non-hydrogen) atoms. The van der Waals surface area contributed by atoms with Crippen molar-refractivity contribution in [3.63, 3.8) is 0 Å². The fourth-order valence-corrected chi connectivity index (χ4v) is 3.04. The first-order chi connectivity index (χ1) is 13.4. The number of ether oxygens (including phenoxy) is 2. The number of hydrogen-bond acceptors (Lipinski definition) is 4. The molecule has 0 radical (unpaired) electrons. The molecule has 1 aliphatic rings. The number of hydrogen-bond donors (Lipinski definition) is 0. The minimum absolute atomic E-state index is 0.118. The van der Waals surface area contributed by atoms with Crippen LogP contribution in [0.1, 0.15) is 5.56 Å². The minimum Gasteiger partial charge on any atom is -0.490 e. The maximum atomic E-state index is 13.2. The number of benzene rings is 2. The Hall–Kier alpha value is -3.29. The molecule has 3 aromatic rings. The fourth-order valence-electron chi connectivity index (χ4n) is 3.04. The van der Waals surface area contributed by atoms with Crippen molar-refractivity contribution in [1.29, 1.82) is 0 Å². The molecule has 5 nitrogen and oxygen atoms in total. The molecule has 0 aliphatic carbocycles. The average Bonchev–Trinajstić information content (AvgIpc) is 3.08. The van der Waals surface area contributed by atoms with Crippen LogP contribution in [0.2, 0.25) is 0 Å². The third-order valence-corrected chi connectivity index (χ3v) is 4.35. The highest BCUT2D eigenvalue weighted by Crippen LogP contribution is 2.37. The lowest BCUT2D eigenvalue weighted by Crippen LogP contribution is -2.23. The molecular formula is C20H15F3N2O3. The quantitative estimate of drug-likeness (QED) is 0.683. The molecule has 0 N–H and O–H groups in total. The summed E-state index contributed by atoms with van der Waals surface area (Å²) in [6, 6.07) is 13.5. The van der Waals surface area contributed by atoms with Crippen molar-refractivity contribution >= 4 is 0 Å². The largest absolute Gasteiger partial charge is 0.490 e. The van der Waals surface area contributed by atoms with Crippen LogP contribution in [0, 0.1) is 0 Å². The van der Waals surface area contributed by atoms with E-state index in [9.17, 15) is 18.0 Å². The summed E-state index contributed by atoms with van der Waals surface area (Å²) in [6.07, 6.45) is -3.12. The van der Waals surface area contributed by atoms with Crippen molar-refractivity contribution in [3.8, 4) is 22.9 Å². The lowest BCUT2D eigenvalue weighted by atomic mass is 9.99. The molecule has 2 aromatic carbocycles. The summed E-state index contributed by atoms with van der Waals surface area (Å²) in [7, 11) is 0. The van der Waals surface area contributed by atoms with E-state index >= 15 is 0 Å². The summed E-state index contributed by atoms with van der Waals surface area (Å²) in [4.78, 5) is 15.0. The summed E-state index contributed by atoms with van der Waals surface area (Å²) in [5.74, 6) is 0.510. The maximum absolute atomic E-state index is 13.2. The second kappa shape index (κ2) is 7.03. The second-order valence-corrected chi connectivity index (χ2v) is 6.32. The van der Waals surface area contributed by atoms with Gasteiger partial charge >= 0.3 is 6.18 Å². The van der Waals surface area contributed by atoms with Crippen LogP contribution in [0.5, 0.6) is 11.8 Å².